The molecule has 1 atom stereocenters. The minimum absolute atomic E-state index is 0.0754. The molecule has 3 aromatic heterocycles. The second-order valence-corrected chi connectivity index (χ2v) is 18.3. The highest BCUT2D eigenvalue weighted by Crippen LogP contribution is 2.34. The summed E-state index contributed by atoms with van der Waals surface area (Å²) in [5.41, 5.74) is 5.64. The van der Waals surface area contributed by atoms with Crippen LogP contribution in [-0.2, 0) is 16.1 Å². The molecule has 5 aromatic rings. The summed E-state index contributed by atoms with van der Waals surface area (Å²) in [6.07, 6.45) is 7.75. The van der Waals surface area contributed by atoms with Gasteiger partial charge in [0, 0.05) is 104 Å². The number of pyridine rings is 2. The molecule has 3 N–H and O–H groups in total. The predicted molar refractivity (Wildman–Crippen MR) is 245 cm³/mol. The SMILES string of the molecule is CSc1cc(C)[nH]c(=O)c1CNC(=O)c1cc(-c2ccc(N3CCN(CC4CCN(c5ccc6c(c5)C(=O)N(C5CCC(=O)NC5=O)C6=O)CC4)CC3)nc2)cc2c1cnn2C(C)C. The number of piperazine rings is 1. The molecule has 64 heavy (non-hydrogen) atoms. The summed E-state index contributed by atoms with van der Waals surface area (Å²) in [6, 6.07) is 14.4. The first kappa shape index (κ1) is 42.9. The quantitative estimate of drug-likeness (QED) is 0.122. The summed E-state index contributed by atoms with van der Waals surface area (Å²) < 4.78 is 1.92. The van der Waals surface area contributed by atoms with E-state index in [2.05, 4.69) is 61.4 Å². The summed E-state index contributed by atoms with van der Waals surface area (Å²) >= 11 is 1.48. The Morgan fingerprint density at radius 2 is 1.62 bits per heavy atom. The molecule has 3 saturated heterocycles. The number of H-pyrrole nitrogens is 1. The van der Waals surface area contributed by atoms with E-state index in [0.717, 1.165) is 108 Å². The molecule has 0 bridgehead atoms. The predicted octanol–water partition coefficient (Wildman–Crippen LogP) is 4.77. The lowest BCUT2D eigenvalue weighted by Crippen LogP contribution is -2.54. The summed E-state index contributed by atoms with van der Waals surface area (Å²) in [6.45, 7) is 12.3. The maximum atomic E-state index is 13.8. The summed E-state index contributed by atoms with van der Waals surface area (Å²) in [4.78, 5) is 94.0. The van der Waals surface area contributed by atoms with E-state index >= 15 is 0 Å². The molecule has 0 spiro atoms. The van der Waals surface area contributed by atoms with Gasteiger partial charge < -0.3 is 20.1 Å². The number of hydrogen-bond acceptors (Lipinski definition) is 12. The maximum absolute atomic E-state index is 13.8. The number of carbonyl (C=O) groups is 5. The molecule has 3 fully saturated rings. The van der Waals surface area contributed by atoms with Gasteiger partial charge in [-0.2, -0.15) is 5.10 Å². The van der Waals surface area contributed by atoms with Crippen molar-refractivity contribution in [3.8, 4) is 11.1 Å². The van der Waals surface area contributed by atoms with Crippen LogP contribution in [0.5, 0.6) is 0 Å². The van der Waals surface area contributed by atoms with Gasteiger partial charge >= 0.3 is 0 Å². The molecule has 2 aromatic carbocycles. The van der Waals surface area contributed by atoms with Crippen molar-refractivity contribution in [3.63, 3.8) is 0 Å². The zero-order chi connectivity index (χ0) is 44.8. The van der Waals surface area contributed by atoms with Gasteiger partial charge in [0.15, 0.2) is 0 Å². The summed E-state index contributed by atoms with van der Waals surface area (Å²) in [7, 11) is 0. The van der Waals surface area contributed by atoms with Crippen molar-refractivity contribution in [1.82, 2.24) is 40.2 Å². The molecule has 0 radical (unpaired) electrons. The fourth-order valence-electron chi connectivity index (χ4n) is 9.51. The second-order valence-electron chi connectivity index (χ2n) is 17.5. The monoisotopic (exact) mass is 884 g/mol. The molecule has 9 rings (SSSR count). The van der Waals surface area contributed by atoms with Gasteiger partial charge in [-0.1, -0.05) is 0 Å². The van der Waals surface area contributed by atoms with Crippen LogP contribution in [0.1, 0.15) is 87.9 Å². The van der Waals surface area contributed by atoms with Crippen molar-refractivity contribution in [2.75, 3.05) is 61.9 Å². The topological polar surface area (TPSA) is 186 Å². The third-order valence-electron chi connectivity index (χ3n) is 13.0. The Labute approximate surface area is 374 Å². The number of amides is 5. The Balaban J connectivity index is 0.800. The molecule has 4 aliphatic heterocycles. The first-order chi connectivity index (χ1) is 30.9. The first-order valence-corrected chi connectivity index (χ1v) is 23.2. The summed E-state index contributed by atoms with van der Waals surface area (Å²) in [5, 5.41) is 10.6. The Morgan fingerprint density at radius 3 is 2.33 bits per heavy atom. The van der Waals surface area contributed by atoms with Crippen LogP contribution < -0.4 is 26.0 Å². The number of fused-ring (bicyclic) bond motifs is 2. The average molecular weight is 885 g/mol. The lowest BCUT2D eigenvalue weighted by Gasteiger charge is -2.39. The standard InChI is InChI=1S/C47H52N10O6S/c1-27(2)57-39-21-31(20-34(36(39)25-50-57)43(59)49-24-37-40(64-4)19-28(3)51-44(37)60)30-5-9-41(48-23-30)55-17-15-53(16-18-55)26-29-11-13-54(14-12-29)32-6-7-33-35(22-32)47(63)56(46(33)62)38-8-10-42(58)52-45(38)61/h5-7,9,19-23,25,27,29,38H,8,10-18,24,26H2,1-4H3,(H,49,59)(H,51,60)(H,52,58,61). The van der Waals surface area contributed by atoms with E-state index in [4.69, 9.17) is 4.98 Å². The van der Waals surface area contributed by atoms with E-state index in [0.29, 0.717) is 28.2 Å². The highest BCUT2D eigenvalue weighted by molar-refractivity contribution is 7.98. The van der Waals surface area contributed by atoms with Crippen LogP contribution >= 0.6 is 11.8 Å². The van der Waals surface area contributed by atoms with Crippen LogP contribution in [-0.4, -0.2) is 117 Å². The van der Waals surface area contributed by atoms with Gasteiger partial charge in [-0.3, -0.25) is 48.6 Å². The number of nitrogens with one attached hydrogen (secondary N) is 3. The van der Waals surface area contributed by atoms with E-state index in [1.165, 1.54) is 11.8 Å². The lowest BCUT2D eigenvalue weighted by atomic mass is 9.95. The van der Waals surface area contributed by atoms with Crippen LogP contribution in [0.2, 0.25) is 0 Å². The van der Waals surface area contributed by atoms with E-state index < -0.39 is 29.7 Å². The van der Waals surface area contributed by atoms with Crippen LogP contribution in [0, 0.1) is 12.8 Å². The molecular weight excluding hydrogens is 833 g/mol. The highest BCUT2D eigenvalue weighted by atomic mass is 32.2. The minimum Gasteiger partial charge on any atom is -0.371 e. The van der Waals surface area contributed by atoms with Gasteiger partial charge in [0.25, 0.3) is 23.3 Å². The number of hydrogen-bond donors (Lipinski definition) is 3. The number of benzene rings is 2. The van der Waals surface area contributed by atoms with Crippen LogP contribution in [0.25, 0.3) is 22.0 Å². The number of piperidine rings is 2. The number of aromatic amines is 1. The van der Waals surface area contributed by atoms with Crippen LogP contribution in [0.3, 0.4) is 0 Å². The minimum atomic E-state index is -0.978. The van der Waals surface area contributed by atoms with Crippen LogP contribution in [0.4, 0.5) is 11.5 Å². The van der Waals surface area contributed by atoms with Crippen molar-refractivity contribution >= 4 is 63.7 Å². The Kier molecular flexibility index (Phi) is 11.9. The molecule has 5 amide bonds. The number of anilines is 2. The lowest BCUT2D eigenvalue weighted by molar-refractivity contribution is -0.136. The van der Waals surface area contributed by atoms with Crippen molar-refractivity contribution in [2.45, 2.75) is 70.0 Å². The molecule has 7 heterocycles. The fourth-order valence-corrected chi connectivity index (χ4v) is 10.2. The molecule has 1 unspecified atom stereocenters. The van der Waals surface area contributed by atoms with Gasteiger partial charge in [0.1, 0.15) is 11.9 Å². The Bertz CT molecular complexity index is 2730. The third kappa shape index (κ3) is 8.29. The fraction of sp³-hybridized carbons (Fsp3) is 0.404. The van der Waals surface area contributed by atoms with Crippen molar-refractivity contribution in [3.05, 3.63) is 99.2 Å². The molecule has 332 valence electrons. The largest absolute Gasteiger partial charge is 0.371 e. The van der Waals surface area contributed by atoms with E-state index in [1.807, 2.05) is 48.3 Å². The zero-order valence-corrected chi connectivity index (χ0v) is 37.3. The number of aromatic nitrogens is 4. The Morgan fingerprint density at radius 1 is 0.859 bits per heavy atom. The van der Waals surface area contributed by atoms with Crippen molar-refractivity contribution in [1.29, 1.82) is 0 Å². The molecule has 16 nitrogen and oxygen atoms in total. The first-order valence-electron chi connectivity index (χ1n) is 22.0. The van der Waals surface area contributed by atoms with E-state index in [9.17, 15) is 28.8 Å². The molecule has 17 heteroatoms. The smallest absolute Gasteiger partial charge is 0.262 e. The zero-order valence-electron chi connectivity index (χ0n) is 36.5. The van der Waals surface area contributed by atoms with Gasteiger partial charge in [-0.05, 0) is 106 Å². The third-order valence-corrected chi connectivity index (χ3v) is 13.8. The molecule has 0 aliphatic carbocycles. The maximum Gasteiger partial charge on any atom is 0.262 e. The van der Waals surface area contributed by atoms with Gasteiger partial charge in [-0.15, -0.1) is 11.8 Å². The summed E-state index contributed by atoms with van der Waals surface area (Å²) in [5.74, 6) is -0.820. The normalized spacial score (nSPS) is 18.6. The number of carbonyl (C=O) groups excluding carboxylic acids is 5. The molecule has 4 aliphatic rings. The van der Waals surface area contributed by atoms with Crippen LogP contribution in [0.15, 0.2) is 70.6 Å². The number of nitrogens with zero attached hydrogens (tertiary/aromatic N) is 7. The number of rotatable bonds is 11. The van der Waals surface area contributed by atoms with Gasteiger partial charge in [0.05, 0.1) is 28.4 Å². The average Bonchev–Trinajstić information content (AvgIpc) is 3.84. The highest BCUT2D eigenvalue weighted by Gasteiger charge is 2.45. The van der Waals surface area contributed by atoms with Gasteiger partial charge in [-0.25, -0.2) is 4.98 Å². The molecular formula is C47H52N10O6S. The molecule has 0 saturated carbocycles. The van der Waals surface area contributed by atoms with E-state index in [-0.39, 0.29) is 36.9 Å². The van der Waals surface area contributed by atoms with Crippen molar-refractivity contribution < 1.29 is 24.0 Å². The number of imide groups is 2. The van der Waals surface area contributed by atoms with Gasteiger partial charge in [0.2, 0.25) is 11.8 Å². The van der Waals surface area contributed by atoms with E-state index in [1.54, 1.807) is 18.3 Å². The Hall–Kier alpha value is -6.33. The second kappa shape index (κ2) is 17.7. The number of thioether (sulfide) groups is 1. The van der Waals surface area contributed by atoms with Crippen molar-refractivity contribution in [2.24, 2.45) is 5.92 Å². The number of aryl methyl sites for hydroxylation is 1.